The molecule has 4 nitrogen and oxygen atoms in total. The van der Waals surface area contributed by atoms with Gasteiger partial charge in [-0.05, 0) is 44.0 Å². The highest BCUT2D eigenvalue weighted by Gasteiger charge is 2.20. The number of anilines is 1. The van der Waals surface area contributed by atoms with Gasteiger partial charge >= 0.3 is 0 Å². The van der Waals surface area contributed by atoms with Crippen LogP contribution in [0.5, 0.6) is 0 Å². The van der Waals surface area contributed by atoms with Crippen LogP contribution in [0, 0.1) is 0 Å². The molecule has 20 heavy (non-hydrogen) atoms. The molecule has 0 bridgehead atoms. The van der Waals surface area contributed by atoms with Crippen LogP contribution in [0.3, 0.4) is 0 Å². The second kappa shape index (κ2) is 6.59. The van der Waals surface area contributed by atoms with Crippen molar-refractivity contribution in [3.8, 4) is 0 Å². The van der Waals surface area contributed by atoms with Crippen molar-refractivity contribution in [1.29, 1.82) is 0 Å². The average molecular weight is 297 g/mol. The maximum atomic E-state index is 11.8. The molecule has 0 saturated carbocycles. The molecule has 0 unspecified atom stereocenters. The lowest BCUT2D eigenvalue weighted by Gasteiger charge is -2.34. The van der Waals surface area contributed by atoms with E-state index in [1.54, 1.807) is 19.1 Å². The maximum absolute atomic E-state index is 11.8. The molecule has 1 aromatic carbocycles. The molecule has 1 aliphatic rings. The van der Waals surface area contributed by atoms with Gasteiger partial charge < -0.3 is 9.64 Å². The average Bonchev–Trinajstić information content (AvgIpc) is 2.48. The molecule has 1 aliphatic heterocycles. The highest BCUT2D eigenvalue weighted by molar-refractivity contribution is 7.91. The minimum absolute atomic E-state index is 0.141. The van der Waals surface area contributed by atoms with Gasteiger partial charge in [0.05, 0.1) is 16.8 Å². The third-order valence-electron chi connectivity index (χ3n) is 3.72. The van der Waals surface area contributed by atoms with Crippen LogP contribution in [-0.4, -0.2) is 40.0 Å². The summed E-state index contributed by atoms with van der Waals surface area (Å²) >= 11 is 0. The van der Waals surface area contributed by atoms with Crippen molar-refractivity contribution in [2.24, 2.45) is 0 Å². The molecule has 1 atom stereocenters. The van der Waals surface area contributed by atoms with Crippen LogP contribution in [-0.2, 0) is 14.6 Å². The first kappa shape index (κ1) is 15.3. The lowest BCUT2D eigenvalue weighted by atomic mass is 10.1. The number of hydrogen-bond donors (Lipinski definition) is 0. The van der Waals surface area contributed by atoms with E-state index in [4.69, 9.17) is 4.74 Å². The molecule has 0 amide bonds. The molecular formula is C15H23NO3S. The van der Waals surface area contributed by atoms with Crippen molar-refractivity contribution < 1.29 is 13.2 Å². The van der Waals surface area contributed by atoms with Gasteiger partial charge in [-0.3, -0.25) is 0 Å². The standard InChI is InChI=1S/C15H23NO3S/c1-3-19-14-6-5-11-16(12-14)13-7-9-15(10-8-13)20(17,18)4-2/h7-10,14H,3-6,11-12H2,1-2H3/t14-/m1/s1. The summed E-state index contributed by atoms with van der Waals surface area (Å²) in [6, 6.07) is 7.21. The van der Waals surface area contributed by atoms with Gasteiger partial charge in [0.25, 0.3) is 0 Å². The Morgan fingerprint density at radius 2 is 1.95 bits per heavy atom. The monoisotopic (exact) mass is 297 g/mol. The van der Waals surface area contributed by atoms with Crippen LogP contribution >= 0.6 is 0 Å². The van der Waals surface area contributed by atoms with Crippen molar-refractivity contribution >= 4 is 15.5 Å². The van der Waals surface area contributed by atoms with Crippen molar-refractivity contribution in [2.45, 2.75) is 37.7 Å². The molecule has 0 radical (unpaired) electrons. The summed E-state index contributed by atoms with van der Waals surface area (Å²) < 4.78 is 29.3. The number of ether oxygens (including phenoxy) is 1. The second-order valence-electron chi connectivity index (χ2n) is 5.06. The molecule has 0 spiro atoms. The van der Waals surface area contributed by atoms with Crippen molar-refractivity contribution in [3.05, 3.63) is 24.3 Å². The predicted octanol–water partition coefficient (Wildman–Crippen LogP) is 2.49. The SMILES string of the molecule is CCO[C@@H]1CCCN(c2ccc(S(=O)(=O)CC)cc2)C1. The largest absolute Gasteiger partial charge is 0.377 e. The number of nitrogens with zero attached hydrogens (tertiary/aromatic N) is 1. The number of piperidine rings is 1. The minimum atomic E-state index is -3.11. The van der Waals surface area contributed by atoms with Crippen LogP contribution in [0.15, 0.2) is 29.2 Å². The lowest BCUT2D eigenvalue weighted by Crippen LogP contribution is -2.39. The molecule has 1 heterocycles. The van der Waals surface area contributed by atoms with Gasteiger partial charge in [-0.25, -0.2) is 8.42 Å². The Labute approximate surface area is 121 Å². The summed E-state index contributed by atoms with van der Waals surface area (Å²) in [5.74, 6) is 0.141. The predicted molar refractivity (Wildman–Crippen MR) is 81.0 cm³/mol. The third kappa shape index (κ3) is 3.52. The smallest absolute Gasteiger partial charge is 0.178 e. The Morgan fingerprint density at radius 1 is 1.25 bits per heavy atom. The fraction of sp³-hybridized carbons (Fsp3) is 0.600. The zero-order chi connectivity index (χ0) is 14.6. The van der Waals surface area contributed by atoms with E-state index in [1.807, 2.05) is 19.1 Å². The first-order valence-corrected chi connectivity index (χ1v) is 8.91. The van der Waals surface area contributed by atoms with E-state index >= 15 is 0 Å². The fourth-order valence-corrected chi connectivity index (χ4v) is 3.46. The molecule has 1 saturated heterocycles. The zero-order valence-electron chi connectivity index (χ0n) is 12.2. The highest BCUT2D eigenvalue weighted by atomic mass is 32.2. The Bertz CT molecular complexity index is 523. The van der Waals surface area contributed by atoms with E-state index in [9.17, 15) is 8.42 Å². The lowest BCUT2D eigenvalue weighted by molar-refractivity contribution is 0.0527. The van der Waals surface area contributed by atoms with Crippen LogP contribution in [0.25, 0.3) is 0 Å². The molecule has 0 aliphatic carbocycles. The Kier molecular flexibility index (Phi) is 5.05. The molecular weight excluding hydrogens is 274 g/mol. The summed E-state index contributed by atoms with van der Waals surface area (Å²) in [5.41, 5.74) is 1.07. The molecule has 0 N–H and O–H groups in total. The van der Waals surface area contributed by atoms with Gasteiger partial charge in [0.15, 0.2) is 9.84 Å². The Balaban J connectivity index is 2.10. The van der Waals surface area contributed by atoms with E-state index in [0.717, 1.165) is 38.2 Å². The first-order valence-electron chi connectivity index (χ1n) is 7.26. The third-order valence-corrected chi connectivity index (χ3v) is 5.47. The number of benzene rings is 1. The molecule has 5 heteroatoms. The number of rotatable bonds is 5. The summed E-state index contributed by atoms with van der Waals surface area (Å²) in [4.78, 5) is 2.67. The van der Waals surface area contributed by atoms with Crippen molar-refractivity contribution in [1.82, 2.24) is 0 Å². The topological polar surface area (TPSA) is 46.6 Å². The molecule has 1 aromatic rings. The van der Waals surface area contributed by atoms with Gasteiger partial charge in [0.1, 0.15) is 0 Å². The van der Waals surface area contributed by atoms with Crippen LogP contribution < -0.4 is 4.90 Å². The van der Waals surface area contributed by atoms with Crippen molar-refractivity contribution in [2.75, 3.05) is 30.3 Å². The maximum Gasteiger partial charge on any atom is 0.178 e. The summed E-state index contributed by atoms with van der Waals surface area (Å²) in [7, 11) is -3.11. The van der Waals surface area contributed by atoms with Gasteiger partial charge in [0.2, 0.25) is 0 Å². The van der Waals surface area contributed by atoms with Crippen molar-refractivity contribution in [3.63, 3.8) is 0 Å². The molecule has 2 rings (SSSR count). The van der Waals surface area contributed by atoms with Crippen LogP contribution in [0.4, 0.5) is 5.69 Å². The number of sulfone groups is 1. The molecule has 112 valence electrons. The second-order valence-corrected chi connectivity index (χ2v) is 7.34. The van der Waals surface area contributed by atoms with E-state index in [1.165, 1.54) is 0 Å². The quantitative estimate of drug-likeness (QED) is 0.837. The minimum Gasteiger partial charge on any atom is -0.377 e. The van der Waals surface area contributed by atoms with E-state index in [0.29, 0.717) is 4.90 Å². The van der Waals surface area contributed by atoms with E-state index < -0.39 is 9.84 Å². The van der Waals surface area contributed by atoms with E-state index in [-0.39, 0.29) is 11.9 Å². The normalized spacial score (nSPS) is 20.1. The van der Waals surface area contributed by atoms with Crippen LogP contribution in [0.2, 0.25) is 0 Å². The highest BCUT2D eigenvalue weighted by Crippen LogP contribution is 2.23. The van der Waals surface area contributed by atoms with Gasteiger partial charge in [-0.15, -0.1) is 0 Å². The molecule has 1 fully saturated rings. The van der Waals surface area contributed by atoms with E-state index in [2.05, 4.69) is 4.90 Å². The Hall–Kier alpha value is -1.07. The Morgan fingerprint density at radius 3 is 2.55 bits per heavy atom. The van der Waals surface area contributed by atoms with Gasteiger partial charge in [-0.2, -0.15) is 0 Å². The van der Waals surface area contributed by atoms with Gasteiger partial charge in [0, 0.05) is 25.4 Å². The summed E-state index contributed by atoms with van der Waals surface area (Å²) in [5, 5.41) is 0. The van der Waals surface area contributed by atoms with Crippen LogP contribution in [0.1, 0.15) is 26.7 Å². The first-order chi connectivity index (χ1) is 9.56. The number of hydrogen-bond acceptors (Lipinski definition) is 4. The summed E-state index contributed by atoms with van der Waals surface area (Å²) in [6.45, 7) is 6.31. The molecule has 0 aromatic heterocycles. The fourth-order valence-electron chi connectivity index (χ4n) is 2.58. The summed E-state index contributed by atoms with van der Waals surface area (Å²) in [6.07, 6.45) is 2.50. The van der Waals surface area contributed by atoms with Gasteiger partial charge in [-0.1, -0.05) is 6.92 Å². The zero-order valence-corrected chi connectivity index (χ0v) is 13.0.